The van der Waals surface area contributed by atoms with E-state index in [1.54, 1.807) is 26.0 Å². The fourth-order valence-corrected chi connectivity index (χ4v) is 3.87. The third kappa shape index (κ3) is 10.8. The summed E-state index contributed by atoms with van der Waals surface area (Å²) in [7, 11) is 0. The van der Waals surface area contributed by atoms with Crippen LogP contribution in [0.2, 0.25) is 0 Å². The van der Waals surface area contributed by atoms with E-state index >= 15 is 0 Å². The summed E-state index contributed by atoms with van der Waals surface area (Å²) in [6.07, 6.45) is 14.7. The van der Waals surface area contributed by atoms with Crippen molar-refractivity contribution in [2.45, 2.75) is 129 Å². The molecule has 0 fully saturated rings. The van der Waals surface area contributed by atoms with Crippen molar-refractivity contribution in [3.63, 3.8) is 0 Å². The number of aliphatic hydroxyl groups is 2. The molecule has 184 valence electrons. The van der Waals surface area contributed by atoms with Crippen LogP contribution < -0.4 is 0 Å². The molecule has 0 saturated heterocycles. The van der Waals surface area contributed by atoms with Crippen LogP contribution in [-0.2, 0) is 19.1 Å². The molecule has 0 aliphatic carbocycles. The number of esters is 2. The summed E-state index contributed by atoms with van der Waals surface area (Å²) in [5.74, 6) is -0.706. The first kappa shape index (κ1) is 28.4. The number of carbonyl (C=O) groups excluding carboxylic acids is 2. The molecule has 4 unspecified atom stereocenters. The highest BCUT2D eigenvalue weighted by molar-refractivity contribution is 5.92. The molecule has 0 radical (unpaired) electrons. The van der Waals surface area contributed by atoms with Gasteiger partial charge in [0.2, 0.25) is 0 Å². The van der Waals surface area contributed by atoms with Gasteiger partial charge in [-0.05, 0) is 38.8 Å². The summed E-state index contributed by atoms with van der Waals surface area (Å²) in [5, 5.41) is 19.6. The topological polar surface area (TPSA) is 93.1 Å². The highest BCUT2D eigenvalue weighted by atomic mass is 16.6. The number of unbranched alkanes of at least 4 members (excludes halogenated alkanes) is 8. The molecule has 0 saturated carbocycles. The number of ether oxygens (including phenoxy) is 2. The van der Waals surface area contributed by atoms with Gasteiger partial charge in [-0.2, -0.15) is 0 Å². The molecule has 6 nitrogen and oxygen atoms in total. The van der Waals surface area contributed by atoms with Crippen molar-refractivity contribution in [1.29, 1.82) is 0 Å². The first-order valence-corrected chi connectivity index (χ1v) is 12.5. The number of hydrogen-bond acceptors (Lipinski definition) is 6. The van der Waals surface area contributed by atoms with Crippen molar-refractivity contribution in [3.05, 3.63) is 23.3 Å². The van der Waals surface area contributed by atoms with E-state index in [1.807, 2.05) is 0 Å². The van der Waals surface area contributed by atoms with Gasteiger partial charge in [-0.3, -0.25) is 0 Å². The van der Waals surface area contributed by atoms with Gasteiger partial charge in [0.1, 0.15) is 12.2 Å². The summed E-state index contributed by atoms with van der Waals surface area (Å²) in [4.78, 5) is 22.6. The Kier molecular flexibility index (Phi) is 14.2. The Morgan fingerprint density at radius 3 is 1.31 bits per heavy atom. The number of carbonyl (C=O) groups is 2. The molecule has 0 amide bonds. The van der Waals surface area contributed by atoms with Crippen molar-refractivity contribution in [1.82, 2.24) is 0 Å². The summed E-state index contributed by atoms with van der Waals surface area (Å²) < 4.78 is 9.90. The molecule has 2 N–H and O–H groups in total. The van der Waals surface area contributed by atoms with E-state index in [2.05, 4.69) is 13.8 Å². The lowest BCUT2D eigenvalue weighted by atomic mass is 10.0. The van der Waals surface area contributed by atoms with Crippen LogP contribution in [0.15, 0.2) is 23.3 Å². The second kappa shape index (κ2) is 16.0. The zero-order valence-corrected chi connectivity index (χ0v) is 20.5. The van der Waals surface area contributed by atoms with Crippen LogP contribution in [0.5, 0.6) is 0 Å². The molecule has 2 aliphatic rings. The Labute approximate surface area is 194 Å². The average Bonchev–Trinajstić information content (AvgIpc) is 3.27. The van der Waals surface area contributed by atoms with Gasteiger partial charge in [0.25, 0.3) is 0 Å². The Balaban J connectivity index is 0.000000320. The summed E-state index contributed by atoms with van der Waals surface area (Å²) in [6, 6.07) is 0. The Morgan fingerprint density at radius 1 is 0.688 bits per heavy atom. The molecule has 2 rings (SSSR count). The molecule has 0 spiro atoms. The molecular formula is C26H44O6. The highest BCUT2D eigenvalue weighted by Gasteiger charge is 2.28. The Bertz CT molecular complexity index is 570. The molecule has 2 heterocycles. The summed E-state index contributed by atoms with van der Waals surface area (Å²) >= 11 is 0. The lowest BCUT2D eigenvalue weighted by Gasteiger charge is -2.09. The molecule has 0 aromatic carbocycles. The monoisotopic (exact) mass is 452 g/mol. The molecule has 32 heavy (non-hydrogen) atoms. The van der Waals surface area contributed by atoms with Gasteiger partial charge in [0.15, 0.2) is 0 Å². The molecule has 2 aliphatic heterocycles. The van der Waals surface area contributed by atoms with Crippen LogP contribution in [-0.4, -0.2) is 46.6 Å². The minimum Gasteiger partial charge on any atom is -0.455 e. The maximum Gasteiger partial charge on any atom is 0.337 e. The van der Waals surface area contributed by atoms with Gasteiger partial charge < -0.3 is 19.7 Å². The standard InChI is InChI=1S/2C13H22O3/c2*1-3-4-5-6-7-8-12(14)11-9-10(2)16-13(11)15/h2*9-10,12,14H,3-8H2,1-2H3. The molecule has 0 aromatic heterocycles. The van der Waals surface area contributed by atoms with Crippen LogP contribution in [0.3, 0.4) is 0 Å². The normalized spacial score (nSPS) is 21.8. The van der Waals surface area contributed by atoms with Crippen molar-refractivity contribution < 1.29 is 29.3 Å². The van der Waals surface area contributed by atoms with Gasteiger partial charge in [0, 0.05) is 0 Å². The van der Waals surface area contributed by atoms with Crippen LogP contribution in [0.25, 0.3) is 0 Å². The largest absolute Gasteiger partial charge is 0.455 e. The predicted octanol–water partition coefficient (Wildman–Crippen LogP) is 5.16. The van der Waals surface area contributed by atoms with Gasteiger partial charge in [0.05, 0.1) is 23.4 Å². The van der Waals surface area contributed by atoms with Crippen molar-refractivity contribution >= 4 is 11.9 Å². The van der Waals surface area contributed by atoms with Gasteiger partial charge in [-0.15, -0.1) is 0 Å². The smallest absolute Gasteiger partial charge is 0.337 e. The Hall–Kier alpha value is -1.66. The van der Waals surface area contributed by atoms with E-state index < -0.39 is 12.2 Å². The van der Waals surface area contributed by atoms with E-state index in [1.165, 1.54) is 38.5 Å². The third-order valence-electron chi connectivity index (χ3n) is 5.77. The van der Waals surface area contributed by atoms with E-state index in [0.29, 0.717) is 24.0 Å². The Morgan fingerprint density at radius 2 is 1.03 bits per heavy atom. The molecular weight excluding hydrogens is 408 g/mol. The quantitative estimate of drug-likeness (QED) is 0.279. The fourth-order valence-electron chi connectivity index (χ4n) is 3.87. The van der Waals surface area contributed by atoms with Crippen LogP contribution in [0.4, 0.5) is 0 Å². The lowest BCUT2D eigenvalue weighted by Crippen LogP contribution is -2.16. The molecule has 0 bridgehead atoms. The molecule has 4 atom stereocenters. The van der Waals surface area contributed by atoms with E-state index in [9.17, 15) is 19.8 Å². The number of rotatable bonds is 14. The van der Waals surface area contributed by atoms with E-state index in [-0.39, 0.29) is 24.1 Å². The maximum absolute atomic E-state index is 11.3. The van der Waals surface area contributed by atoms with Gasteiger partial charge in [-0.1, -0.05) is 78.1 Å². The van der Waals surface area contributed by atoms with Gasteiger partial charge >= 0.3 is 11.9 Å². The molecule has 0 aromatic rings. The van der Waals surface area contributed by atoms with Crippen molar-refractivity contribution in [2.75, 3.05) is 0 Å². The van der Waals surface area contributed by atoms with E-state index in [4.69, 9.17) is 9.47 Å². The number of hydrogen-bond donors (Lipinski definition) is 2. The minimum atomic E-state index is -0.640. The average molecular weight is 453 g/mol. The fraction of sp³-hybridized carbons (Fsp3) is 0.769. The first-order chi connectivity index (χ1) is 15.3. The van der Waals surface area contributed by atoms with Gasteiger partial charge in [-0.25, -0.2) is 9.59 Å². The maximum atomic E-state index is 11.3. The highest BCUT2D eigenvalue weighted by Crippen LogP contribution is 2.21. The second-order valence-electron chi connectivity index (χ2n) is 8.90. The van der Waals surface area contributed by atoms with Crippen molar-refractivity contribution in [2.24, 2.45) is 0 Å². The minimum absolute atomic E-state index is 0.183. The van der Waals surface area contributed by atoms with E-state index in [0.717, 1.165) is 25.7 Å². The zero-order chi connectivity index (χ0) is 23.9. The zero-order valence-electron chi connectivity index (χ0n) is 20.5. The third-order valence-corrected chi connectivity index (χ3v) is 5.77. The molecule has 6 heteroatoms. The summed E-state index contributed by atoms with van der Waals surface area (Å²) in [6.45, 7) is 7.96. The van der Waals surface area contributed by atoms with Crippen molar-refractivity contribution in [3.8, 4) is 0 Å². The van der Waals surface area contributed by atoms with Crippen LogP contribution in [0.1, 0.15) is 105 Å². The predicted molar refractivity (Wildman–Crippen MR) is 126 cm³/mol. The SMILES string of the molecule is CCCCCCCC(O)C1=CC(C)OC1=O.CCCCCCCC(O)C1=CC(C)OC1=O. The first-order valence-electron chi connectivity index (χ1n) is 12.5. The number of aliphatic hydroxyl groups excluding tert-OH is 2. The second-order valence-corrected chi connectivity index (χ2v) is 8.90. The summed E-state index contributed by atoms with van der Waals surface area (Å²) in [5.41, 5.74) is 0.894. The van der Waals surface area contributed by atoms with Crippen LogP contribution in [0, 0.1) is 0 Å². The lowest BCUT2D eigenvalue weighted by molar-refractivity contribution is -0.141. The number of cyclic esters (lactones) is 2. The van der Waals surface area contributed by atoms with Crippen LogP contribution >= 0.6 is 0 Å².